The van der Waals surface area contributed by atoms with Gasteiger partial charge in [0.05, 0.1) is 5.75 Å². The zero-order valence-corrected chi connectivity index (χ0v) is 22.4. The highest BCUT2D eigenvalue weighted by molar-refractivity contribution is 7.99. The lowest BCUT2D eigenvalue weighted by molar-refractivity contribution is -0.139. The molecular weight excluding hydrogens is 523 g/mol. The molecule has 1 unspecified atom stereocenters. The molecule has 0 aromatic heterocycles. The van der Waals surface area contributed by atoms with Crippen molar-refractivity contribution in [3.63, 3.8) is 0 Å². The molecule has 0 fully saturated rings. The number of hydrogen-bond donors (Lipinski definition) is 1. The Balaban J connectivity index is 1.83. The van der Waals surface area contributed by atoms with Crippen LogP contribution in [-0.2, 0) is 28.3 Å². The highest BCUT2D eigenvalue weighted by Gasteiger charge is 2.30. The molecule has 0 aliphatic heterocycles. The summed E-state index contributed by atoms with van der Waals surface area (Å²) in [6.07, 6.45) is 0.409. The van der Waals surface area contributed by atoms with Gasteiger partial charge in [-0.05, 0) is 47.9 Å². The molecule has 0 spiro atoms. The Hall–Kier alpha value is -2.18. The normalized spacial score (nSPS) is 11.7. The van der Waals surface area contributed by atoms with E-state index < -0.39 is 6.04 Å². The van der Waals surface area contributed by atoms with Gasteiger partial charge in [-0.25, -0.2) is 0 Å². The summed E-state index contributed by atoms with van der Waals surface area (Å²) in [6.45, 7) is 2.62. The van der Waals surface area contributed by atoms with E-state index in [1.807, 2.05) is 61.5 Å². The van der Waals surface area contributed by atoms with Crippen molar-refractivity contribution in [2.45, 2.75) is 31.7 Å². The molecule has 0 saturated carbocycles. The van der Waals surface area contributed by atoms with Crippen molar-refractivity contribution in [3.8, 4) is 0 Å². The molecule has 0 aliphatic carbocycles. The molecule has 0 heterocycles. The number of likely N-dealkylation sites (N-methyl/N-ethyl adjacent to an activating group) is 1. The van der Waals surface area contributed by atoms with Crippen molar-refractivity contribution in [2.24, 2.45) is 0 Å². The minimum atomic E-state index is -0.663. The van der Waals surface area contributed by atoms with Gasteiger partial charge in [0, 0.05) is 40.3 Å². The Kier molecular flexibility index (Phi) is 10.8. The fourth-order valence-corrected chi connectivity index (χ4v) is 5.33. The molecule has 0 saturated heterocycles. The summed E-state index contributed by atoms with van der Waals surface area (Å²) >= 11 is 19.9. The van der Waals surface area contributed by atoms with Crippen LogP contribution in [0.15, 0.2) is 72.8 Å². The minimum absolute atomic E-state index is 0.132. The van der Waals surface area contributed by atoms with Gasteiger partial charge < -0.3 is 10.2 Å². The fraction of sp³-hybridized carbons (Fsp3) is 0.259. The maximum absolute atomic E-state index is 13.5. The third-order valence-electron chi connectivity index (χ3n) is 5.36. The molecule has 8 heteroatoms. The van der Waals surface area contributed by atoms with Crippen LogP contribution in [0.3, 0.4) is 0 Å². The predicted molar refractivity (Wildman–Crippen MR) is 147 cm³/mol. The second-order valence-electron chi connectivity index (χ2n) is 7.98. The van der Waals surface area contributed by atoms with E-state index in [0.29, 0.717) is 33.8 Å². The molecule has 35 heavy (non-hydrogen) atoms. The predicted octanol–water partition coefficient (Wildman–Crippen LogP) is 6.66. The molecule has 3 aromatic rings. The lowest BCUT2D eigenvalue weighted by Gasteiger charge is -2.31. The molecule has 2 amide bonds. The molecule has 0 radical (unpaired) electrons. The van der Waals surface area contributed by atoms with E-state index >= 15 is 0 Å². The molecule has 3 rings (SSSR count). The number of benzene rings is 3. The van der Waals surface area contributed by atoms with Gasteiger partial charge in [-0.3, -0.25) is 9.59 Å². The molecule has 0 aliphatic rings. The van der Waals surface area contributed by atoms with Crippen molar-refractivity contribution in [1.29, 1.82) is 0 Å². The number of thioether (sulfide) groups is 1. The summed E-state index contributed by atoms with van der Waals surface area (Å²) in [5.41, 5.74) is 2.74. The van der Waals surface area contributed by atoms with E-state index in [4.69, 9.17) is 34.8 Å². The van der Waals surface area contributed by atoms with Crippen LogP contribution in [0.5, 0.6) is 0 Å². The zero-order valence-electron chi connectivity index (χ0n) is 19.3. The van der Waals surface area contributed by atoms with E-state index in [1.54, 1.807) is 23.1 Å². The van der Waals surface area contributed by atoms with E-state index in [-0.39, 0.29) is 24.1 Å². The van der Waals surface area contributed by atoms with Gasteiger partial charge in [0.2, 0.25) is 11.8 Å². The Bertz CT molecular complexity index is 1140. The van der Waals surface area contributed by atoms with Crippen LogP contribution in [0.25, 0.3) is 0 Å². The summed E-state index contributed by atoms with van der Waals surface area (Å²) in [4.78, 5) is 28.3. The minimum Gasteiger partial charge on any atom is -0.355 e. The molecule has 3 aromatic carbocycles. The van der Waals surface area contributed by atoms with Crippen molar-refractivity contribution >= 4 is 58.4 Å². The first-order valence-corrected chi connectivity index (χ1v) is 13.5. The third kappa shape index (κ3) is 8.46. The van der Waals surface area contributed by atoms with Crippen LogP contribution >= 0.6 is 46.6 Å². The molecule has 1 N–H and O–H groups in total. The van der Waals surface area contributed by atoms with Gasteiger partial charge >= 0.3 is 0 Å². The molecule has 0 bridgehead atoms. The molecular formula is C27H27Cl3N2O2S. The van der Waals surface area contributed by atoms with E-state index in [2.05, 4.69) is 5.32 Å². The Labute approximate surface area is 225 Å². The number of nitrogens with zero attached hydrogens (tertiary/aromatic N) is 1. The van der Waals surface area contributed by atoms with Crippen LogP contribution < -0.4 is 5.32 Å². The first-order chi connectivity index (χ1) is 16.9. The van der Waals surface area contributed by atoms with Crippen molar-refractivity contribution in [2.75, 3.05) is 12.3 Å². The van der Waals surface area contributed by atoms with Gasteiger partial charge in [0.25, 0.3) is 0 Å². The zero-order chi connectivity index (χ0) is 25.2. The van der Waals surface area contributed by atoms with Gasteiger partial charge in [-0.1, -0.05) is 83.3 Å². The number of rotatable bonds is 11. The van der Waals surface area contributed by atoms with Crippen molar-refractivity contribution < 1.29 is 9.59 Å². The van der Waals surface area contributed by atoms with Crippen LogP contribution in [0.4, 0.5) is 0 Å². The number of halogens is 3. The number of nitrogens with one attached hydrogen (secondary N) is 1. The Morgan fingerprint density at radius 2 is 1.63 bits per heavy atom. The summed E-state index contributed by atoms with van der Waals surface area (Å²) in [5, 5.41) is 4.62. The Morgan fingerprint density at radius 1 is 0.914 bits per heavy atom. The fourth-order valence-electron chi connectivity index (χ4n) is 3.65. The quantitative estimate of drug-likeness (QED) is 0.291. The van der Waals surface area contributed by atoms with E-state index in [1.165, 1.54) is 11.8 Å². The standard InChI is InChI=1S/C27H27Cl3N2O2S/c1-2-31-27(34)25(14-19-7-4-3-5-8-19)32(16-20-9-6-10-22(28)13-20)26(33)18-35-17-21-11-12-23(29)15-24(21)30/h3-13,15,25H,2,14,16-18H2,1H3,(H,31,34). The Morgan fingerprint density at radius 3 is 2.31 bits per heavy atom. The molecule has 1 atom stereocenters. The first-order valence-electron chi connectivity index (χ1n) is 11.2. The first kappa shape index (κ1) is 27.4. The van der Waals surface area contributed by atoms with Gasteiger partial charge in [0.1, 0.15) is 6.04 Å². The second-order valence-corrected chi connectivity index (χ2v) is 10.2. The number of hydrogen-bond acceptors (Lipinski definition) is 3. The smallest absolute Gasteiger partial charge is 0.243 e. The van der Waals surface area contributed by atoms with Crippen molar-refractivity contribution in [1.82, 2.24) is 10.2 Å². The van der Waals surface area contributed by atoms with E-state index in [9.17, 15) is 9.59 Å². The van der Waals surface area contributed by atoms with Crippen LogP contribution in [-0.4, -0.2) is 35.1 Å². The van der Waals surface area contributed by atoms with Gasteiger partial charge in [-0.2, -0.15) is 0 Å². The average Bonchev–Trinajstić information content (AvgIpc) is 2.83. The topological polar surface area (TPSA) is 49.4 Å². The highest BCUT2D eigenvalue weighted by atomic mass is 35.5. The number of amides is 2. The maximum atomic E-state index is 13.5. The summed E-state index contributed by atoms with van der Waals surface area (Å²) in [5.74, 6) is 0.436. The summed E-state index contributed by atoms with van der Waals surface area (Å²) in [7, 11) is 0. The number of carbonyl (C=O) groups excluding carboxylic acids is 2. The van der Waals surface area contributed by atoms with Gasteiger partial charge in [0.15, 0.2) is 0 Å². The van der Waals surface area contributed by atoms with Gasteiger partial charge in [-0.15, -0.1) is 11.8 Å². The lowest BCUT2D eigenvalue weighted by atomic mass is 10.0. The summed E-state index contributed by atoms with van der Waals surface area (Å²) < 4.78 is 0. The highest BCUT2D eigenvalue weighted by Crippen LogP contribution is 2.25. The monoisotopic (exact) mass is 548 g/mol. The lowest BCUT2D eigenvalue weighted by Crippen LogP contribution is -2.51. The van der Waals surface area contributed by atoms with Crippen LogP contribution in [0.1, 0.15) is 23.6 Å². The van der Waals surface area contributed by atoms with Crippen LogP contribution in [0, 0.1) is 0 Å². The van der Waals surface area contributed by atoms with Crippen molar-refractivity contribution in [3.05, 3.63) is 105 Å². The number of carbonyl (C=O) groups is 2. The molecule has 184 valence electrons. The third-order valence-corrected chi connectivity index (χ3v) is 7.15. The molecule has 4 nitrogen and oxygen atoms in total. The summed E-state index contributed by atoms with van der Waals surface area (Å²) in [6, 6.07) is 21.7. The largest absolute Gasteiger partial charge is 0.355 e. The van der Waals surface area contributed by atoms with Crippen LogP contribution in [0.2, 0.25) is 15.1 Å². The van der Waals surface area contributed by atoms with E-state index in [0.717, 1.165) is 16.7 Å². The SMILES string of the molecule is CCNC(=O)C(Cc1ccccc1)N(Cc1cccc(Cl)c1)C(=O)CSCc1ccc(Cl)cc1Cl. The maximum Gasteiger partial charge on any atom is 0.243 e. The average molecular weight is 550 g/mol. The second kappa shape index (κ2) is 13.8.